The van der Waals surface area contributed by atoms with Crippen molar-refractivity contribution in [3.05, 3.63) is 47.6 Å². The van der Waals surface area contributed by atoms with Gasteiger partial charge in [-0.05, 0) is 19.1 Å². The first-order valence-corrected chi connectivity index (χ1v) is 6.14. The molecule has 0 aliphatic heterocycles. The molecule has 0 saturated carbocycles. The fourth-order valence-electron chi connectivity index (χ4n) is 1.61. The highest BCUT2D eigenvalue weighted by atomic mass is 19.1. The average molecular weight is 278 g/mol. The Balaban J connectivity index is 1.85. The third-order valence-corrected chi connectivity index (χ3v) is 2.71. The summed E-state index contributed by atoms with van der Waals surface area (Å²) in [7, 11) is 1.62. The minimum absolute atomic E-state index is 0.170. The maximum atomic E-state index is 13.3. The van der Waals surface area contributed by atoms with Crippen molar-refractivity contribution in [3.8, 4) is 5.75 Å². The second-order valence-electron chi connectivity index (χ2n) is 4.34. The summed E-state index contributed by atoms with van der Waals surface area (Å²) in [5, 5.41) is 3.66. The zero-order valence-electron chi connectivity index (χ0n) is 11.3. The van der Waals surface area contributed by atoms with Crippen molar-refractivity contribution in [1.29, 1.82) is 0 Å². The lowest BCUT2D eigenvalue weighted by atomic mass is 10.3. The Bertz CT molecular complexity index is 598. The molecule has 1 heterocycles. The molecule has 0 unspecified atom stereocenters. The van der Waals surface area contributed by atoms with E-state index in [4.69, 9.17) is 9.26 Å². The minimum atomic E-state index is -0.424. The average Bonchev–Trinajstić information content (AvgIpc) is 2.86. The first kappa shape index (κ1) is 14.0. The summed E-state index contributed by atoms with van der Waals surface area (Å²) in [5.41, 5.74) is 0.643. The number of carbonyl (C=O) groups excluding carboxylic acids is 1. The van der Waals surface area contributed by atoms with E-state index in [1.165, 1.54) is 17.0 Å². The third kappa shape index (κ3) is 3.34. The van der Waals surface area contributed by atoms with Gasteiger partial charge in [-0.3, -0.25) is 4.79 Å². The molecule has 0 spiro atoms. The van der Waals surface area contributed by atoms with Crippen molar-refractivity contribution in [2.75, 3.05) is 20.2 Å². The number of benzene rings is 1. The Morgan fingerprint density at radius 1 is 1.45 bits per heavy atom. The summed E-state index contributed by atoms with van der Waals surface area (Å²) in [4.78, 5) is 13.4. The molecule has 0 N–H and O–H groups in total. The number of likely N-dealkylation sites (N-methyl/N-ethyl adjacent to an activating group) is 1. The zero-order valence-corrected chi connectivity index (χ0v) is 11.3. The van der Waals surface area contributed by atoms with E-state index in [0.29, 0.717) is 12.2 Å². The number of ether oxygens (including phenoxy) is 1. The first-order valence-electron chi connectivity index (χ1n) is 6.14. The summed E-state index contributed by atoms with van der Waals surface area (Å²) in [6.45, 7) is 2.24. The molecule has 0 atom stereocenters. The molecule has 1 amide bonds. The van der Waals surface area contributed by atoms with Gasteiger partial charge in [0.05, 0.1) is 12.2 Å². The van der Waals surface area contributed by atoms with E-state index in [0.717, 1.165) is 0 Å². The Labute approximate surface area is 115 Å². The van der Waals surface area contributed by atoms with E-state index in [1.807, 2.05) is 0 Å². The van der Waals surface area contributed by atoms with Gasteiger partial charge in [0.2, 0.25) is 5.76 Å². The number of para-hydroxylation sites is 1. The molecule has 5 nitrogen and oxygen atoms in total. The maximum absolute atomic E-state index is 13.3. The number of rotatable bonds is 5. The largest absolute Gasteiger partial charge is 0.489 e. The van der Waals surface area contributed by atoms with Gasteiger partial charge in [0.1, 0.15) is 6.61 Å². The second kappa shape index (κ2) is 6.18. The van der Waals surface area contributed by atoms with Crippen LogP contribution in [0.4, 0.5) is 4.39 Å². The smallest absolute Gasteiger partial charge is 0.292 e. The Hall–Kier alpha value is -2.37. The van der Waals surface area contributed by atoms with Gasteiger partial charge in [0, 0.05) is 13.1 Å². The molecule has 0 radical (unpaired) electrons. The number of aromatic nitrogens is 1. The molecule has 0 aliphatic carbocycles. The van der Waals surface area contributed by atoms with Crippen LogP contribution in [-0.4, -0.2) is 36.2 Å². The molecule has 0 aliphatic rings. The fourth-order valence-corrected chi connectivity index (χ4v) is 1.61. The van der Waals surface area contributed by atoms with Gasteiger partial charge >= 0.3 is 0 Å². The Kier molecular flexibility index (Phi) is 4.34. The lowest BCUT2D eigenvalue weighted by molar-refractivity contribution is 0.0731. The Morgan fingerprint density at radius 3 is 2.85 bits per heavy atom. The van der Waals surface area contributed by atoms with Crippen LogP contribution in [0.3, 0.4) is 0 Å². The second-order valence-corrected chi connectivity index (χ2v) is 4.34. The number of hydrogen-bond acceptors (Lipinski definition) is 4. The van der Waals surface area contributed by atoms with Gasteiger partial charge in [-0.1, -0.05) is 17.3 Å². The number of amides is 1. The molecule has 6 heteroatoms. The third-order valence-electron chi connectivity index (χ3n) is 2.71. The maximum Gasteiger partial charge on any atom is 0.292 e. The number of halogens is 1. The van der Waals surface area contributed by atoms with Crippen molar-refractivity contribution < 1.29 is 18.4 Å². The van der Waals surface area contributed by atoms with Crippen LogP contribution >= 0.6 is 0 Å². The first-order chi connectivity index (χ1) is 9.58. The Morgan fingerprint density at radius 2 is 2.20 bits per heavy atom. The quantitative estimate of drug-likeness (QED) is 0.842. The monoisotopic (exact) mass is 278 g/mol. The highest BCUT2D eigenvalue weighted by Gasteiger charge is 2.16. The molecule has 20 heavy (non-hydrogen) atoms. The molecule has 2 rings (SSSR count). The molecule has 2 aromatic rings. The minimum Gasteiger partial charge on any atom is -0.489 e. The van der Waals surface area contributed by atoms with E-state index in [-0.39, 0.29) is 24.0 Å². The fraction of sp³-hybridized carbons (Fsp3) is 0.286. The van der Waals surface area contributed by atoms with Crippen molar-refractivity contribution in [3.63, 3.8) is 0 Å². The van der Waals surface area contributed by atoms with Crippen LogP contribution in [0.15, 0.2) is 34.9 Å². The van der Waals surface area contributed by atoms with Crippen LogP contribution in [0.1, 0.15) is 16.2 Å². The van der Waals surface area contributed by atoms with Crippen LogP contribution < -0.4 is 4.74 Å². The SMILES string of the molecule is Cc1cc(C(=O)N(C)CCOc2ccccc2F)on1. The van der Waals surface area contributed by atoms with Crippen molar-refractivity contribution >= 4 is 5.91 Å². The van der Waals surface area contributed by atoms with Crippen molar-refractivity contribution in [1.82, 2.24) is 10.1 Å². The predicted octanol–water partition coefficient (Wildman–Crippen LogP) is 2.27. The van der Waals surface area contributed by atoms with E-state index in [1.54, 1.807) is 32.2 Å². The van der Waals surface area contributed by atoms with Crippen LogP contribution in [0.2, 0.25) is 0 Å². The van der Waals surface area contributed by atoms with E-state index >= 15 is 0 Å². The molecule has 0 saturated heterocycles. The van der Waals surface area contributed by atoms with Crippen LogP contribution in [0.25, 0.3) is 0 Å². The summed E-state index contributed by atoms with van der Waals surface area (Å²) < 4.78 is 23.5. The topological polar surface area (TPSA) is 55.6 Å². The number of nitrogens with zero attached hydrogens (tertiary/aromatic N) is 2. The molecule has 1 aromatic heterocycles. The molecule has 1 aromatic carbocycles. The number of carbonyl (C=O) groups is 1. The standard InChI is InChI=1S/C14H15FN2O3/c1-10-9-13(20-16-10)14(18)17(2)7-8-19-12-6-4-3-5-11(12)15/h3-6,9H,7-8H2,1-2H3. The van der Waals surface area contributed by atoms with Gasteiger partial charge in [0.25, 0.3) is 5.91 Å². The van der Waals surface area contributed by atoms with Crippen LogP contribution in [0, 0.1) is 12.7 Å². The van der Waals surface area contributed by atoms with Crippen molar-refractivity contribution in [2.45, 2.75) is 6.92 Å². The summed E-state index contributed by atoms with van der Waals surface area (Å²) in [6.07, 6.45) is 0. The van der Waals surface area contributed by atoms with Gasteiger partial charge < -0.3 is 14.2 Å². The van der Waals surface area contributed by atoms with Crippen LogP contribution in [0.5, 0.6) is 5.75 Å². The highest BCUT2D eigenvalue weighted by molar-refractivity contribution is 5.91. The van der Waals surface area contributed by atoms with Gasteiger partial charge in [-0.25, -0.2) is 4.39 Å². The summed E-state index contributed by atoms with van der Waals surface area (Å²) in [6, 6.07) is 7.70. The predicted molar refractivity (Wildman–Crippen MR) is 70.1 cm³/mol. The van der Waals surface area contributed by atoms with Gasteiger partial charge in [-0.2, -0.15) is 0 Å². The molecular formula is C14H15FN2O3. The number of hydrogen-bond donors (Lipinski definition) is 0. The van der Waals surface area contributed by atoms with E-state index in [9.17, 15) is 9.18 Å². The van der Waals surface area contributed by atoms with E-state index < -0.39 is 5.82 Å². The van der Waals surface area contributed by atoms with Gasteiger partial charge in [-0.15, -0.1) is 0 Å². The number of aryl methyl sites for hydroxylation is 1. The molecular weight excluding hydrogens is 263 g/mol. The summed E-state index contributed by atoms with van der Waals surface area (Å²) in [5.74, 6) is -0.366. The lowest BCUT2D eigenvalue weighted by Gasteiger charge is -2.15. The molecule has 106 valence electrons. The van der Waals surface area contributed by atoms with Crippen molar-refractivity contribution in [2.24, 2.45) is 0 Å². The van der Waals surface area contributed by atoms with Gasteiger partial charge in [0.15, 0.2) is 11.6 Å². The molecule has 0 fully saturated rings. The zero-order chi connectivity index (χ0) is 14.5. The van der Waals surface area contributed by atoms with Crippen LogP contribution in [-0.2, 0) is 0 Å². The van der Waals surface area contributed by atoms with E-state index in [2.05, 4.69) is 5.16 Å². The molecule has 0 bridgehead atoms. The lowest BCUT2D eigenvalue weighted by Crippen LogP contribution is -2.30. The summed E-state index contributed by atoms with van der Waals surface area (Å²) >= 11 is 0. The highest BCUT2D eigenvalue weighted by Crippen LogP contribution is 2.15. The normalized spacial score (nSPS) is 10.3.